The van der Waals surface area contributed by atoms with Crippen LogP contribution >= 0.6 is 0 Å². The second-order valence-electron chi connectivity index (χ2n) is 5.71. The van der Waals surface area contributed by atoms with E-state index in [4.69, 9.17) is 15.4 Å². The van der Waals surface area contributed by atoms with Crippen molar-refractivity contribution in [1.29, 1.82) is 0 Å². The van der Waals surface area contributed by atoms with Crippen molar-refractivity contribution in [1.82, 2.24) is 5.16 Å². The normalized spacial score (nSPS) is 12.6. The number of carbonyl (C=O) groups excluding carboxylic acids is 1. The van der Waals surface area contributed by atoms with Crippen molar-refractivity contribution in [2.75, 3.05) is 0 Å². The van der Waals surface area contributed by atoms with Gasteiger partial charge in [0.05, 0.1) is 10.5 Å². The van der Waals surface area contributed by atoms with Crippen LogP contribution in [0.25, 0.3) is 0 Å². The minimum Gasteiger partial charge on any atom is -0.361 e. The number of sulfonamides is 1. The van der Waals surface area contributed by atoms with Gasteiger partial charge in [-0.1, -0.05) is 19.0 Å². The molecular weight excluding hydrogens is 332 g/mol. The molecule has 1 aromatic carbocycles. The molecule has 0 bridgehead atoms. The monoisotopic (exact) mass is 351 g/mol. The smallest absolute Gasteiger partial charge is 0.361 e. The summed E-state index contributed by atoms with van der Waals surface area (Å²) in [5.74, 6) is 0.546. The molecule has 128 valence electrons. The third-order valence-electron chi connectivity index (χ3n) is 3.14. The van der Waals surface area contributed by atoms with E-state index in [0.717, 1.165) is 0 Å². The molecule has 0 radical (unpaired) electrons. The van der Waals surface area contributed by atoms with Gasteiger partial charge in [-0.3, -0.25) is 5.73 Å². The molecule has 24 heavy (non-hydrogen) atoms. The fraction of sp³-hybridized carbons (Fsp3) is 0.267. The SMILES string of the molecule is CC(C)Cc1cc(C(=O)[NH+]=C(N)c2ccc(S(N)(=O)=O)cc2)no1. The van der Waals surface area contributed by atoms with Gasteiger partial charge in [-0.15, -0.1) is 0 Å². The van der Waals surface area contributed by atoms with Crippen LogP contribution in [0.15, 0.2) is 39.8 Å². The number of nitrogens with zero attached hydrogens (tertiary/aromatic N) is 1. The fourth-order valence-corrected chi connectivity index (χ4v) is 2.52. The molecule has 0 atom stereocenters. The molecule has 9 heteroatoms. The number of amidine groups is 1. The number of primary sulfonamides is 1. The Kier molecular flexibility index (Phi) is 5.15. The van der Waals surface area contributed by atoms with Crippen molar-refractivity contribution < 1.29 is 22.7 Å². The Balaban J connectivity index is 2.17. The summed E-state index contributed by atoms with van der Waals surface area (Å²) >= 11 is 0. The van der Waals surface area contributed by atoms with Crippen LogP contribution in [-0.2, 0) is 16.4 Å². The molecule has 8 nitrogen and oxygen atoms in total. The molecule has 5 N–H and O–H groups in total. The predicted molar refractivity (Wildman–Crippen MR) is 86.4 cm³/mol. The minimum absolute atomic E-state index is 0.0415. The Labute approximate surface area is 139 Å². The first-order valence-corrected chi connectivity index (χ1v) is 8.74. The number of amides is 1. The Bertz CT molecular complexity index is 867. The molecule has 1 heterocycles. The van der Waals surface area contributed by atoms with Crippen LogP contribution in [0, 0.1) is 5.92 Å². The zero-order valence-electron chi connectivity index (χ0n) is 13.3. The van der Waals surface area contributed by atoms with Gasteiger partial charge in [0.2, 0.25) is 10.0 Å². The first-order chi connectivity index (χ1) is 11.2. The van der Waals surface area contributed by atoms with Crippen molar-refractivity contribution in [3.05, 3.63) is 47.3 Å². The van der Waals surface area contributed by atoms with Gasteiger partial charge in [0.1, 0.15) is 5.76 Å². The number of hydrogen-bond donors (Lipinski definition) is 3. The maximum Gasteiger partial charge on any atom is 0.361 e. The van der Waals surface area contributed by atoms with Crippen LogP contribution in [0.5, 0.6) is 0 Å². The highest BCUT2D eigenvalue weighted by molar-refractivity contribution is 7.89. The van der Waals surface area contributed by atoms with Crippen molar-refractivity contribution in [3.8, 4) is 0 Å². The lowest BCUT2D eigenvalue weighted by atomic mass is 10.1. The van der Waals surface area contributed by atoms with E-state index in [0.29, 0.717) is 23.7 Å². The van der Waals surface area contributed by atoms with Gasteiger partial charge in [0.15, 0.2) is 5.69 Å². The Morgan fingerprint density at radius 1 is 1.29 bits per heavy atom. The van der Waals surface area contributed by atoms with E-state index in [9.17, 15) is 13.2 Å². The molecule has 0 aliphatic heterocycles. The van der Waals surface area contributed by atoms with Crippen LogP contribution in [-0.4, -0.2) is 25.3 Å². The fourth-order valence-electron chi connectivity index (χ4n) is 2.00. The van der Waals surface area contributed by atoms with E-state index in [2.05, 4.69) is 10.1 Å². The van der Waals surface area contributed by atoms with Gasteiger partial charge in [-0.05, 0) is 30.2 Å². The summed E-state index contributed by atoms with van der Waals surface area (Å²) in [7, 11) is -3.78. The van der Waals surface area contributed by atoms with Crippen LogP contribution in [0.1, 0.15) is 35.7 Å². The van der Waals surface area contributed by atoms with Crippen molar-refractivity contribution >= 4 is 21.8 Å². The van der Waals surface area contributed by atoms with Crippen LogP contribution in [0.4, 0.5) is 0 Å². The van der Waals surface area contributed by atoms with Gasteiger partial charge in [-0.2, -0.15) is 0 Å². The Morgan fingerprint density at radius 2 is 1.92 bits per heavy atom. The number of nitrogens with two attached hydrogens (primary N) is 2. The molecule has 0 fully saturated rings. The second kappa shape index (κ2) is 6.93. The van der Waals surface area contributed by atoms with Crippen molar-refractivity contribution in [3.63, 3.8) is 0 Å². The van der Waals surface area contributed by atoms with Crippen LogP contribution in [0.2, 0.25) is 0 Å². The summed E-state index contributed by atoms with van der Waals surface area (Å²) in [6.45, 7) is 4.05. The topological polar surface area (TPSA) is 143 Å². The van der Waals surface area contributed by atoms with E-state index in [-0.39, 0.29) is 16.4 Å². The zero-order chi connectivity index (χ0) is 17.9. The molecule has 0 saturated heterocycles. The average molecular weight is 351 g/mol. The first-order valence-electron chi connectivity index (χ1n) is 7.19. The number of rotatable bonds is 5. The van der Waals surface area contributed by atoms with Gasteiger partial charge in [-0.25, -0.2) is 23.3 Å². The number of nitrogens with one attached hydrogen (secondary N) is 1. The lowest BCUT2D eigenvalue weighted by Gasteiger charge is -1.99. The van der Waals surface area contributed by atoms with Gasteiger partial charge in [0.25, 0.3) is 5.84 Å². The van der Waals surface area contributed by atoms with E-state index < -0.39 is 15.9 Å². The summed E-state index contributed by atoms with van der Waals surface area (Å²) in [6.07, 6.45) is 0.675. The van der Waals surface area contributed by atoms with Gasteiger partial charge >= 0.3 is 5.91 Å². The molecule has 0 unspecified atom stereocenters. The molecule has 1 amide bonds. The summed E-state index contributed by atoms with van der Waals surface area (Å²) in [6, 6.07) is 7.07. The van der Waals surface area contributed by atoms with E-state index in [1.165, 1.54) is 24.3 Å². The van der Waals surface area contributed by atoms with Crippen molar-refractivity contribution in [2.24, 2.45) is 16.8 Å². The Hall–Kier alpha value is -2.52. The lowest BCUT2D eigenvalue weighted by Crippen LogP contribution is -2.79. The van der Waals surface area contributed by atoms with E-state index in [1.807, 2.05) is 13.8 Å². The maximum atomic E-state index is 12.1. The molecule has 0 saturated carbocycles. The maximum absolute atomic E-state index is 12.1. The highest BCUT2D eigenvalue weighted by atomic mass is 32.2. The molecule has 0 aliphatic rings. The number of carbonyl (C=O) groups is 1. The van der Waals surface area contributed by atoms with Crippen LogP contribution in [0.3, 0.4) is 0 Å². The number of benzene rings is 1. The number of nitrogen functional groups attached to an aromatic ring is 1. The molecule has 0 aliphatic carbocycles. The summed E-state index contributed by atoms with van der Waals surface area (Å²) in [4.78, 5) is 14.6. The highest BCUT2D eigenvalue weighted by Crippen LogP contribution is 2.09. The number of aromatic nitrogens is 1. The largest absolute Gasteiger partial charge is 0.361 e. The molecular formula is C15H19N4O4S+. The molecule has 1 aromatic heterocycles. The third kappa shape index (κ3) is 4.49. The minimum atomic E-state index is -3.78. The first kappa shape index (κ1) is 17.8. The quantitative estimate of drug-likeness (QED) is 0.473. The summed E-state index contributed by atoms with van der Waals surface area (Å²) in [5, 5.41) is 8.73. The van der Waals surface area contributed by atoms with E-state index >= 15 is 0 Å². The Morgan fingerprint density at radius 3 is 2.46 bits per heavy atom. The third-order valence-corrected chi connectivity index (χ3v) is 4.07. The summed E-state index contributed by atoms with van der Waals surface area (Å²) in [5.41, 5.74) is 6.39. The van der Waals surface area contributed by atoms with Gasteiger partial charge < -0.3 is 4.52 Å². The standard InChI is InChI=1S/C15H18N4O4S/c1-9(2)7-11-8-13(19-23-11)15(20)18-14(16)10-3-5-12(6-4-10)24(17,21)22/h3-6,8-9H,7H2,1-2H3,(H2,16,18,20)(H2,17,21,22)/p+1. The van der Waals surface area contributed by atoms with Crippen molar-refractivity contribution in [2.45, 2.75) is 25.2 Å². The predicted octanol–water partition coefficient (Wildman–Crippen LogP) is -0.853. The molecule has 2 aromatic rings. The van der Waals surface area contributed by atoms with Crippen LogP contribution < -0.4 is 15.9 Å². The highest BCUT2D eigenvalue weighted by Gasteiger charge is 2.17. The van der Waals surface area contributed by atoms with Gasteiger partial charge in [0, 0.05) is 12.5 Å². The number of hydrogen-bond acceptors (Lipinski definition) is 5. The summed E-state index contributed by atoms with van der Waals surface area (Å²) < 4.78 is 27.5. The second-order valence-corrected chi connectivity index (χ2v) is 7.28. The zero-order valence-corrected chi connectivity index (χ0v) is 14.1. The lowest BCUT2D eigenvalue weighted by molar-refractivity contribution is -0.346. The average Bonchev–Trinajstić information content (AvgIpc) is 2.94. The molecule has 0 spiro atoms. The molecule has 2 rings (SSSR count). The van der Waals surface area contributed by atoms with E-state index in [1.54, 1.807) is 6.07 Å².